The van der Waals surface area contributed by atoms with Gasteiger partial charge in [-0.3, -0.25) is 4.79 Å². The van der Waals surface area contributed by atoms with Crippen LogP contribution in [0.1, 0.15) is 33.7 Å². The highest BCUT2D eigenvalue weighted by Gasteiger charge is 2.19. The molecule has 1 aliphatic carbocycles. The Balaban J connectivity index is 2.15. The van der Waals surface area contributed by atoms with Crippen molar-refractivity contribution in [1.82, 2.24) is 4.57 Å². The minimum Gasteiger partial charge on any atom is -0.319 e. The fourth-order valence-corrected chi connectivity index (χ4v) is 2.66. The minimum atomic E-state index is 0.285. The van der Waals surface area contributed by atoms with Gasteiger partial charge in [0.15, 0.2) is 5.78 Å². The van der Waals surface area contributed by atoms with Crippen LogP contribution < -0.4 is 0 Å². The smallest absolute Gasteiger partial charge is 0.163 e. The maximum Gasteiger partial charge on any atom is 0.163 e. The van der Waals surface area contributed by atoms with E-state index in [-0.39, 0.29) is 5.78 Å². The largest absolute Gasteiger partial charge is 0.319 e. The van der Waals surface area contributed by atoms with Crippen LogP contribution in [0, 0.1) is 13.8 Å². The summed E-state index contributed by atoms with van der Waals surface area (Å²) in [6, 6.07) is 10.4. The minimum absolute atomic E-state index is 0.285. The maximum atomic E-state index is 11.6. The van der Waals surface area contributed by atoms with Crippen molar-refractivity contribution >= 4 is 5.78 Å². The number of carbonyl (C=O) groups is 1. The fraction of sp³-hybridized carbons (Fsp3) is 0.267. The molecule has 0 amide bonds. The molecule has 0 spiro atoms. The second-order valence-electron chi connectivity index (χ2n) is 4.72. The SMILES string of the molecule is Cc1ccc(C)n1-c1ccc2c(c1)CCC2=O. The summed E-state index contributed by atoms with van der Waals surface area (Å²) in [5.74, 6) is 0.285. The average molecular weight is 225 g/mol. The number of fused-ring (bicyclic) bond motifs is 1. The van der Waals surface area contributed by atoms with Crippen molar-refractivity contribution < 1.29 is 4.79 Å². The topological polar surface area (TPSA) is 22.0 Å². The van der Waals surface area contributed by atoms with Crippen molar-refractivity contribution in [1.29, 1.82) is 0 Å². The summed E-state index contributed by atoms with van der Waals surface area (Å²) in [6.07, 6.45) is 1.56. The first-order valence-corrected chi connectivity index (χ1v) is 5.98. The van der Waals surface area contributed by atoms with Crippen LogP contribution in [0.25, 0.3) is 5.69 Å². The fourth-order valence-electron chi connectivity index (χ4n) is 2.66. The maximum absolute atomic E-state index is 11.6. The summed E-state index contributed by atoms with van der Waals surface area (Å²) in [7, 11) is 0. The third-order valence-electron chi connectivity index (χ3n) is 3.54. The van der Waals surface area contributed by atoms with E-state index < -0.39 is 0 Å². The molecule has 2 nitrogen and oxygen atoms in total. The predicted molar refractivity (Wildman–Crippen MR) is 67.9 cm³/mol. The molecule has 0 unspecified atom stereocenters. The summed E-state index contributed by atoms with van der Waals surface area (Å²) in [4.78, 5) is 11.6. The number of Topliss-reactive ketones (excluding diaryl/α,β-unsaturated/α-hetero) is 1. The molecule has 2 heteroatoms. The number of ketones is 1. The van der Waals surface area contributed by atoms with Gasteiger partial charge in [-0.25, -0.2) is 0 Å². The zero-order valence-corrected chi connectivity index (χ0v) is 10.2. The number of nitrogens with zero attached hydrogens (tertiary/aromatic N) is 1. The van der Waals surface area contributed by atoms with Gasteiger partial charge < -0.3 is 4.57 Å². The molecule has 1 aromatic heterocycles. The highest BCUT2D eigenvalue weighted by atomic mass is 16.1. The van der Waals surface area contributed by atoms with Crippen LogP contribution in [0.3, 0.4) is 0 Å². The first kappa shape index (κ1) is 10.3. The van der Waals surface area contributed by atoms with Gasteiger partial charge in [0.05, 0.1) is 0 Å². The van der Waals surface area contributed by atoms with E-state index in [1.165, 1.54) is 22.6 Å². The van der Waals surface area contributed by atoms with Crippen molar-refractivity contribution in [2.75, 3.05) is 0 Å². The molecule has 0 radical (unpaired) electrons. The Kier molecular flexibility index (Phi) is 2.18. The molecule has 0 saturated heterocycles. The molecule has 0 aliphatic heterocycles. The van der Waals surface area contributed by atoms with Gasteiger partial charge in [-0.05, 0) is 56.2 Å². The van der Waals surface area contributed by atoms with Gasteiger partial charge in [0.2, 0.25) is 0 Å². The predicted octanol–water partition coefficient (Wildman–Crippen LogP) is 3.22. The van der Waals surface area contributed by atoms with Gasteiger partial charge in [0.25, 0.3) is 0 Å². The molecule has 0 saturated carbocycles. The molecule has 86 valence electrons. The summed E-state index contributed by atoms with van der Waals surface area (Å²) in [5.41, 5.74) is 5.73. The van der Waals surface area contributed by atoms with Crippen molar-refractivity contribution in [3.63, 3.8) is 0 Å². The molecule has 1 heterocycles. The van der Waals surface area contributed by atoms with Crippen LogP contribution in [-0.2, 0) is 6.42 Å². The van der Waals surface area contributed by atoms with Gasteiger partial charge in [0, 0.05) is 29.1 Å². The van der Waals surface area contributed by atoms with Crippen molar-refractivity contribution in [3.8, 4) is 5.69 Å². The Hall–Kier alpha value is -1.83. The second kappa shape index (κ2) is 3.59. The standard InChI is InChI=1S/C15H15NO/c1-10-3-4-11(2)16(10)13-6-7-14-12(9-13)5-8-15(14)17/h3-4,6-7,9H,5,8H2,1-2H3. The van der Waals surface area contributed by atoms with E-state index in [4.69, 9.17) is 0 Å². The van der Waals surface area contributed by atoms with Crippen LogP contribution in [0.5, 0.6) is 0 Å². The number of benzene rings is 1. The molecule has 1 aromatic carbocycles. The molecule has 0 N–H and O–H groups in total. The van der Waals surface area contributed by atoms with E-state index in [0.29, 0.717) is 6.42 Å². The second-order valence-corrected chi connectivity index (χ2v) is 4.72. The number of hydrogen-bond donors (Lipinski definition) is 0. The number of aryl methyl sites for hydroxylation is 3. The normalized spacial score (nSPS) is 14.1. The van der Waals surface area contributed by atoms with Gasteiger partial charge in [0.1, 0.15) is 0 Å². The Bertz CT molecular complexity index is 588. The van der Waals surface area contributed by atoms with Gasteiger partial charge in [-0.1, -0.05) is 0 Å². The lowest BCUT2D eigenvalue weighted by atomic mass is 10.1. The summed E-state index contributed by atoms with van der Waals surface area (Å²) in [5, 5.41) is 0. The van der Waals surface area contributed by atoms with E-state index in [1.54, 1.807) is 0 Å². The first-order valence-electron chi connectivity index (χ1n) is 5.98. The van der Waals surface area contributed by atoms with Crippen molar-refractivity contribution in [2.24, 2.45) is 0 Å². The highest BCUT2D eigenvalue weighted by molar-refractivity contribution is 6.00. The highest BCUT2D eigenvalue weighted by Crippen LogP contribution is 2.26. The van der Waals surface area contributed by atoms with E-state index in [2.05, 4.69) is 36.6 Å². The first-order chi connectivity index (χ1) is 8.16. The van der Waals surface area contributed by atoms with E-state index in [0.717, 1.165) is 12.0 Å². The Labute approximate surface area is 101 Å². The Morgan fingerprint density at radius 2 is 1.71 bits per heavy atom. The number of rotatable bonds is 1. The third-order valence-corrected chi connectivity index (χ3v) is 3.54. The molecule has 0 fully saturated rings. The lowest BCUT2D eigenvalue weighted by Crippen LogP contribution is -2.00. The molecule has 17 heavy (non-hydrogen) atoms. The van der Waals surface area contributed by atoms with Crippen molar-refractivity contribution in [3.05, 3.63) is 52.8 Å². The monoisotopic (exact) mass is 225 g/mol. The van der Waals surface area contributed by atoms with Gasteiger partial charge >= 0.3 is 0 Å². The third kappa shape index (κ3) is 1.52. The summed E-state index contributed by atoms with van der Waals surface area (Å²) >= 11 is 0. The Morgan fingerprint density at radius 1 is 1.00 bits per heavy atom. The zero-order valence-electron chi connectivity index (χ0n) is 10.2. The molecule has 3 rings (SSSR count). The van der Waals surface area contributed by atoms with Crippen LogP contribution in [0.15, 0.2) is 30.3 Å². The lowest BCUT2D eigenvalue weighted by Gasteiger charge is -2.10. The summed E-state index contributed by atoms with van der Waals surface area (Å²) < 4.78 is 2.23. The lowest BCUT2D eigenvalue weighted by molar-refractivity contribution is 0.0994. The van der Waals surface area contributed by atoms with Crippen LogP contribution in [-0.4, -0.2) is 10.4 Å². The van der Waals surface area contributed by atoms with E-state index >= 15 is 0 Å². The number of aromatic nitrogens is 1. The van der Waals surface area contributed by atoms with Crippen LogP contribution >= 0.6 is 0 Å². The molecular formula is C15H15NO. The molecular weight excluding hydrogens is 210 g/mol. The van der Waals surface area contributed by atoms with E-state index in [9.17, 15) is 4.79 Å². The molecule has 2 aromatic rings. The van der Waals surface area contributed by atoms with Crippen LogP contribution in [0.2, 0.25) is 0 Å². The van der Waals surface area contributed by atoms with E-state index in [1.807, 2.05) is 12.1 Å². The Morgan fingerprint density at radius 3 is 2.41 bits per heavy atom. The number of carbonyl (C=O) groups excluding carboxylic acids is 1. The zero-order chi connectivity index (χ0) is 12.0. The molecule has 0 bridgehead atoms. The quantitative estimate of drug-likeness (QED) is 0.730. The number of hydrogen-bond acceptors (Lipinski definition) is 1. The van der Waals surface area contributed by atoms with Crippen molar-refractivity contribution in [2.45, 2.75) is 26.7 Å². The van der Waals surface area contributed by atoms with Gasteiger partial charge in [-0.15, -0.1) is 0 Å². The average Bonchev–Trinajstić information content (AvgIpc) is 2.83. The molecule has 1 aliphatic rings. The van der Waals surface area contributed by atoms with Crippen LogP contribution in [0.4, 0.5) is 0 Å². The summed E-state index contributed by atoms with van der Waals surface area (Å²) in [6.45, 7) is 4.21. The molecule has 0 atom stereocenters. The van der Waals surface area contributed by atoms with Gasteiger partial charge in [-0.2, -0.15) is 0 Å².